The summed E-state index contributed by atoms with van der Waals surface area (Å²) >= 11 is 0. The first-order valence-corrected chi connectivity index (χ1v) is 12.3. The predicted molar refractivity (Wildman–Crippen MR) is 123 cm³/mol. The maximum atomic E-state index is 14.0. The lowest BCUT2D eigenvalue weighted by Gasteiger charge is -2.42. The predicted octanol–water partition coefficient (Wildman–Crippen LogP) is 4.42. The van der Waals surface area contributed by atoms with E-state index in [0.29, 0.717) is 45.2 Å². The average molecular weight is 482 g/mol. The molecule has 0 bridgehead atoms. The van der Waals surface area contributed by atoms with Crippen molar-refractivity contribution in [3.8, 4) is 0 Å². The van der Waals surface area contributed by atoms with Crippen molar-refractivity contribution in [3.05, 3.63) is 23.8 Å². The summed E-state index contributed by atoms with van der Waals surface area (Å²) in [6.45, 7) is 4.70. The molecule has 1 aromatic rings. The second-order valence-corrected chi connectivity index (χ2v) is 10.4. The number of benzene rings is 1. The maximum Gasteiger partial charge on any atom is 0.418 e. The van der Waals surface area contributed by atoms with Crippen molar-refractivity contribution in [1.29, 1.82) is 0 Å². The molecule has 2 amide bonds. The number of halogens is 3. The number of carbonyl (C=O) groups excluding carboxylic acids is 2. The first-order chi connectivity index (χ1) is 16.0. The van der Waals surface area contributed by atoms with E-state index in [1.807, 2.05) is 4.90 Å². The average Bonchev–Trinajstić information content (AvgIpc) is 3.09. The number of alkyl halides is 3. The minimum Gasteiger partial charge on any atom is -0.393 e. The highest BCUT2D eigenvalue weighted by Crippen LogP contribution is 2.46. The van der Waals surface area contributed by atoms with Gasteiger partial charge in [-0.15, -0.1) is 0 Å². The van der Waals surface area contributed by atoms with Gasteiger partial charge in [-0.1, -0.05) is 13.8 Å². The normalized spacial score (nSPS) is 28.1. The topological polar surface area (TPSA) is 72.9 Å². The van der Waals surface area contributed by atoms with E-state index < -0.39 is 17.2 Å². The molecule has 1 aromatic carbocycles. The number of hydrogen-bond donors (Lipinski definition) is 2. The van der Waals surface area contributed by atoms with Crippen molar-refractivity contribution in [3.63, 3.8) is 0 Å². The van der Waals surface area contributed by atoms with Crippen molar-refractivity contribution >= 4 is 23.2 Å². The van der Waals surface area contributed by atoms with Crippen LogP contribution >= 0.6 is 0 Å². The minimum atomic E-state index is -4.59. The Morgan fingerprint density at radius 2 is 1.85 bits per heavy atom. The number of carbonyl (C=O) groups is 2. The van der Waals surface area contributed by atoms with Crippen LogP contribution in [0.1, 0.15) is 64.4 Å². The van der Waals surface area contributed by atoms with Crippen LogP contribution in [0.15, 0.2) is 18.2 Å². The summed E-state index contributed by atoms with van der Waals surface area (Å²) in [4.78, 5) is 29.1. The molecule has 1 aliphatic carbocycles. The van der Waals surface area contributed by atoms with Gasteiger partial charge in [0.2, 0.25) is 11.8 Å². The Morgan fingerprint density at radius 3 is 2.50 bits per heavy atom. The molecule has 2 N–H and O–H groups in total. The van der Waals surface area contributed by atoms with Crippen molar-refractivity contribution < 1.29 is 27.9 Å². The Bertz CT molecular complexity index is 928. The summed E-state index contributed by atoms with van der Waals surface area (Å²) in [5.41, 5.74) is -1.29. The fourth-order valence-corrected chi connectivity index (χ4v) is 5.69. The summed E-state index contributed by atoms with van der Waals surface area (Å²) in [7, 11) is 0. The Balaban J connectivity index is 1.56. The number of aliphatic hydroxyl groups is 1. The molecule has 188 valence electrons. The molecule has 9 heteroatoms. The fourth-order valence-electron chi connectivity index (χ4n) is 5.69. The lowest BCUT2D eigenvalue weighted by Crippen LogP contribution is -2.50. The molecular weight excluding hydrogens is 447 g/mol. The van der Waals surface area contributed by atoms with Gasteiger partial charge in [-0.2, -0.15) is 13.2 Å². The summed E-state index contributed by atoms with van der Waals surface area (Å²) in [6, 6.07) is 4.02. The van der Waals surface area contributed by atoms with Gasteiger partial charge >= 0.3 is 6.18 Å². The van der Waals surface area contributed by atoms with Gasteiger partial charge < -0.3 is 20.2 Å². The molecule has 2 saturated heterocycles. The lowest BCUT2D eigenvalue weighted by molar-refractivity contribution is -0.139. The lowest BCUT2D eigenvalue weighted by atomic mass is 9.78. The second kappa shape index (κ2) is 9.40. The van der Waals surface area contributed by atoms with Gasteiger partial charge in [-0.3, -0.25) is 9.59 Å². The van der Waals surface area contributed by atoms with Crippen molar-refractivity contribution in [1.82, 2.24) is 4.90 Å². The van der Waals surface area contributed by atoms with E-state index >= 15 is 0 Å². The highest BCUT2D eigenvalue weighted by molar-refractivity contribution is 5.92. The van der Waals surface area contributed by atoms with Gasteiger partial charge in [0, 0.05) is 43.0 Å². The van der Waals surface area contributed by atoms with Crippen LogP contribution in [0, 0.1) is 11.3 Å². The first-order valence-electron chi connectivity index (χ1n) is 12.3. The van der Waals surface area contributed by atoms with Crippen LogP contribution in [0.4, 0.5) is 24.5 Å². The second-order valence-electron chi connectivity index (χ2n) is 10.4. The van der Waals surface area contributed by atoms with E-state index in [0.717, 1.165) is 18.9 Å². The summed E-state index contributed by atoms with van der Waals surface area (Å²) < 4.78 is 42.1. The van der Waals surface area contributed by atoms with Crippen LogP contribution in [0.3, 0.4) is 0 Å². The molecular formula is C25H34F3N3O3. The fraction of sp³-hybridized carbons (Fsp3) is 0.680. The van der Waals surface area contributed by atoms with Crippen molar-refractivity contribution in [2.24, 2.45) is 11.3 Å². The first kappa shape index (κ1) is 24.8. The maximum absolute atomic E-state index is 14.0. The van der Waals surface area contributed by atoms with Crippen molar-refractivity contribution in [2.75, 3.05) is 29.9 Å². The van der Waals surface area contributed by atoms with E-state index in [2.05, 4.69) is 5.32 Å². The van der Waals surface area contributed by atoms with E-state index in [-0.39, 0.29) is 47.8 Å². The Kier molecular flexibility index (Phi) is 6.86. The molecule has 2 aliphatic heterocycles. The summed E-state index contributed by atoms with van der Waals surface area (Å²) in [5, 5.41) is 12.3. The zero-order valence-corrected chi connectivity index (χ0v) is 19.8. The van der Waals surface area contributed by atoms with Gasteiger partial charge in [0.15, 0.2) is 0 Å². The molecule has 0 radical (unpaired) electrons. The molecule has 0 unspecified atom stereocenters. The van der Waals surface area contributed by atoms with Crippen LogP contribution in [0.2, 0.25) is 0 Å². The van der Waals surface area contributed by atoms with Crippen LogP contribution in [-0.2, 0) is 15.8 Å². The van der Waals surface area contributed by atoms with E-state index in [1.54, 1.807) is 18.7 Å². The number of piperidine rings is 1. The third kappa shape index (κ3) is 4.90. The van der Waals surface area contributed by atoms with E-state index in [1.165, 1.54) is 12.1 Å². The number of nitrogens with one attached hydrogen (secondary N) is 1. The highest BCUT2D eigenvalue weighted by atomic mass is 19.4. The zero-order valence-electron chi connectivity index (χ0n) is 19.8. The van der Waals surface area contributed by atoms with Gasteiger partial charge in [-0.05, 0) is 63.1 Å². The molecule has 1 atom stereocenters. The van der Waals surface area contributed by atoms with Gasteiger partial charge in [0.25, 0.3) is 0 Å². The molecule has 6 nitrogen and oxygen atoms in total. The molecule has 1 spiro atoms. The Labute approximate surface area is 198 Å². The number of aliphatic hydroxyl groups excluding tert-OH is 1. The molecule has 1 saturated carbocycles. The molecule has 3 fully saturated rings. The number of nitrogens with zero attached hydrogens (tertiary/aromatic N) is 2. The molecule has 4 rings (SSSR count). The van der Waals surface area contributed by atoms with Crippen LogP contribution in [0.5, 0.6) is 0 Å². The summed E-state index contributed by atoms with van der Waals surface area (Å²) in [6.07, 6.45) is -0.0159. The molecule has 0 aromatic heterocycles. The number of hydrogen-bond acceptors (Lipinski definition) is 4. The standard InChI is InChI=1S/C25H34F3N3O3/c1-16(2)22(33)29-17-4-9-21(20(14-17)25(26,27)28)30-12-3-10-24(15-30)11-13-31(23(24)34)18-5-7-19(32)8-6-18/h4,9,14,16,18-19,32H,3,5-8,10-13,15H2,1-2H3,(H,29,33)/t18-,19-,24-/m1/s1. The smallest absolute Gasteiger partial charge is 0.393 e. The number of likely N-dealkylation sites (tertiary alicyclic amines) is 1. The van der Waals surface area contributed by atoms with Crippen molar-refractivity contribution in [2.45, 2.75) is 77.1 Å². The largest absolute Gasteiger partial charge is 0.418 e. The molecule has 34 heavy (non-hydrogen) atoms. The monoisotopic (exact) mass is 481 g/mol. The number of amides is 2. The quantitative estimate of drug-likeness (QED) is 0.668. The number of rotatable bonds is 4. The van der Waals surface area contributed by atoms with Gasteiger partial charge in [0.05, 0.1) is 17.1 Å². The van der Waals surface area contributed by atoms with Gasteiger partial charge in [-0.25, -0.2) is 0 Å². The minimum absolute atomic E-state index is 0.0490. The van der Waals surface area contributed by atoms with E-state index in [4.69, 9.17) is 0 Å². The van der Waals surface area contributed by atoms with Crippen LogP contribution < -0.4 is 10.2 Å². The highest BCUT2D eigenvalue weighted by Gasteiger charge is 2.51. The summed E-state index contributed by atoms with van der Waals surface area (Å²) in [5.74, 6) is -0.641. The van der Waals surface area contributed by atoms with Crippen LogP contribution in [0.25, 0.3) is 0 Å². The Hall–Kier alpha value is -2.29. The molecule has 3 aliphatic rings. The third-order valence-corrected chi connectivity index (χ3v) is 7.66. The number of anilines is 2. The molecule has 2 heterocycles. The SMILES string of the molecule is CC(C)C(=O)Nc1ccc(N2CCC[C@@]3(CCN([C@H]4CC[C@H](O)CC4)C3=O)C2)c(C(F)(F)F)c1. The Morgan fingerprint density at radius 1 is 1.15 bits per heavy atom. The third-order valence-electron chi connectivity index (χ3n) is 7.66. The van der Waals surface area contributed by atoms with Crippen LogP contribution in [-0.4, -0.2) is 53.6 Å². The zero-order chi connectivity index (χ0) is 24.7. The van der Waals surface area contributed by atoms with Gasteiger partial charge in [0.1, 0.15) is 0 Å². The van der Waals surface area contributed by atoms with E-state index in [9.17, 15) is 27.9 Å².